The fourth-order valence-corrected chi connectivity index (χ4v) is 1.55. The number of carbonyl (C=O) groups is 1. The number of carboxylic acid groups (broad SMARTS) is 1. The predicted octanol–water partition coefficient (Wildman–Crippen LogP) is 1.56. The lowest BCUT2D eigenvalue weighted by Crippen LogP contribution is -2.04. The van der Waals surface area contributed by atoms with Crippen molar-refractivity contribution in [1.82, 2.24) is 15.0 Å². The van der Waals surface area contributed by atoms with Crippen LogP contribution < -0.4 is 4.74 Å². The summed E-state index contributed by atoms with van der Waals surface area (Å²) in [6.07, 6.45) is 1.90. The number of aromatic nitrogens is 3. The molecule has 2 heterocycles. The van der Waals surface area contributed by atoms with Gasteiger partial charge in [0, 0.05) is 18.7 Å². The lowest BCUT2D eigenvalue weighted by molar-refractivity contribution is -0.137. The summed E-state index contributed by atoms with van der Waals surface area (Å²) in [5, 5.41) is 8.69. The average molecular weight is 259 g/mol. The van der Waals surface area contributed by atoms with E-state index in [1.54, 1.807) is 12.3 Å². The van der Waals surface area contributed by atoms with Crippen LogP contribution in [0, 0.1) is 0 Å². The first-order chi connectivity index (χ1) is 9.19. The van der Waals surface area contributed by atoms with Gasteiger partial charge in [0.15, 0.2) is 0 Å². The monoisotopic (exact) mass is 259 g/mol. The van der Waals surface area contributed by atoms with Gasteiger partial charge < -0.3 is 9.84 Å². The van der Waals surface area contributed by atoms with Crippen LogP contribution >= 0.6 is 0 Å². The van der Waals surface area contributed by atoms with E-state index >= 15 is 0 Å². The van der Waals surface area contributed by atoms with E-state index in [2.05, 4.69) is 15.0 Å². The first kappa shape index (κ1) is 12.9. The standard InChI is InChI=1S/C13H13N3O3/c1-19-12-8-10(9-4-2-3-7-14-9)15-11(16-12)5-6-13(17)18/h2-4,7-8H,5-6H2,1H3,(H,17,18). The smallest absolute Gasteiger partial charge is 0.303 e. The lowest BCUT2D eigenvalue weighted by atomic mass is 10.2. The summed E-state index contributed by atoms with van der Waals surface area (Å²) < 4.78 is 5.10. The van der Waals surface area contributed by atoms with Crippen molar-refractivity contribution in [3.05, 3.63) is 36.3 Å². The van der Waals surface area contributed by atoms with Crippen molar-refractivity contribution in [2.75, 3.05) is 7.11 Å². The van der Waals surface area contributed by atoms with Crippen LogP contribution in [0.4, 0.5) is 0 Å². The molecule has 0 bridgehead atoms. The maximum absolute atomic E-state index is 10.6. The second kappa shape index (κ2) is 5.90. The van der Waals surface area contributed by atoms with Crippen molar-refractivity contribution < 1.29 is 14.6 Å². The normalized spacial score (nSPS) is 10.2. The number of carboxylic acids is 1. The van der Waals surface area contributed by atoms with Gasteiger partial charge in [-0.2, -0.15) is 4.98 Å². The van der Waals surface area contributed by atoms with Gasteiger partial charge >= 0.3 is 5.97 Å². The van der Waals surface area contributed by atoms with Crippen LogP contribution in [0.2, 0.25) is 0 Å². The maximum Gasteiger partial charge on any atom is 0.303 e. The van der Waals surface area contributed by atoms with Crippen molar-refractivity contribution in [1.29, 1.82) is 0 Å². The molecular weight excluding hydrogens is 246 g/mol. The number of aliphatic carboxylic acids is 1. The Kier molecular flexibility index (Phi) is 4.02. The molecule has 0 amide bonds. The van der Waals surface area contributed by atoms with Gasteiger partial charge in [-0.15, -0.1) is 0 Å². The summed E-state index contributed by atoms with van der Waals surface area (Å²) in [5.41, 5.74) is 1.31. The van der Waals surface area contributed by atoms with E-state index in [1.807, 2.05) is 18.2 Å². The van der Waals surface area contributed by atoms with Crippen molar-refractivity contribution in [2.45, 2.75) is 12.8 Å². The Morgan fingerprint density at radius 3 is 2.79 bits per heavy atom. The van der Waals surface area contributed by atoms with Gasteiger partial charge in [0.25, 0.3) is 0 Å². The zero-order valence-corrected chi connectivity index (χ0v) is 10.4. The van der Waals surface area contributed by atoms with Crippen molar-refractivity contribution >= 4 is 5.97 Å². The molecule has 98 valence electrons. The van der Waals surface area contributed by atoms with Crippen LogP contribution in [0.3, 0.4) is 0 Å². The van der Waals surface area contributed by atoms with E-state index in [0.29, 0.717) is 23.1 Å². The summed E-state index contributed by atoms with van der Waals surface area (Å²) in [7, 11) is 1.51. The van der Waals surface area contributed by atoms with Crippen LogP contribution in [-0.4, -0.2) is 33.1 Å². The highest BCUT2D eigenvalue weighted by Crippen LogP contribution is 2.19. The van der Waals surface area contributed by atoms with Gasteiger partial charge in [-0.1, -0.05) is 6.07 Å². The van der Waals surface area contributed by atoms with E-state index in [1.165, 1.54) is 7.11 Å². The molecular formula is C13H13N3O3. The molecule has 6 nitrogen and oxygen atoms in total. The van der Waals surface area contributed by atoms with Crippen LogP contribution in [0.25, 0.3) is 11.4 Å². The first-order valence-electron chi connectivity index (χ1n) is 5.74. The zero-order valence-electron chi connectivity index (χ0n) is 10.4. The molecule has 0 spiro atoms. The van der Waals surface area contributed by atoms with Gasteiger partial charge in [0.1, 0.15) is 5.82 Å². The fourth-order valence-electron chi connectivity index (χ4n) is 1.55. The Morgan fingerprint density at radius 2 is 2.16 bits per heavy atom. The van der Waals surface area contributed by atoms with E-state index in [-0.39, 0.29) is 12.8 Å². The highest BCUT2D eigenvalue weighted by Gasteiger charge is 2.09. The Labute approximate surface area is 110 Å². The summed E-state index contributed by atoms with van der Waals surface area (Å²) in [4.78, 5) is 23.2. The van der Waals surface area contributed by atoms with E-state index in [4.69, 9.17) is 9.84 Å². The first-order valence-corrected chi connectivity index (χ1v) is 5.74. The molecule has 1 N–H and O–H groups in total. The molecule has 0 saturated heterocycles. The number of rotatable bonds is 5. The summed E-state index contributed by atoms with van der Waals surface area (Å²) in [6.45, 7) is 0. The minimum Gasteiger partial charge on any atom is -0.481 e. The molecule has 2 aromatic heterocycles. The van der Waals surface area contributed by atoms with E-state index in [0.717, 1.165) is 0 Å². The third-order valence-corrected chi connectivity index (χ3v) is 2.45. The molecule has 0 radical (unpaired) electrons. The third kappa shape index (κ3) is 3.48. The molecule has 6 heteroatoms. The Morgan fingerprint density at radius 1 is 1.32 bits per heavy atom. The van der Waals surface area contributed by atoms with Gasteiger partial charge in [0.05, 0.1) is 24.9 Å². The minimum absolute atomic E-state index is 0.0190. The number of nitrogens with zero attached hydrogens (tertiary/aromatic N) is 3. The third-order valence-electron chi connectivity index (χ3n) is 2.45. The lowest BCUT2D eigenvalue weighted by Gasteiger charge is -2.06. The van der Waals surface area contributed by atoms with Crippen LogP contribution in [0.1, 0.15) is 12.2 Å². The summed E-state index contributed by atoms with van der Waals surface area (Å²) >= 11 is 0. The SMILES string of the molecule is COc1cc(-c2ccccn2)nc(CCC(=O)O)n1. The number of aryl methyl sites for hydroxylation is 1. The fraction of sp³-hybridized carbons (Fsp3) is 0.231. The average Bonchev–Trinajstić information content (AvgIpc) is 2.45. The van der Waals surface area contributed by atoms with Crippen LogP contribution in [-0.2, 0) is 11.2 Å². The highest BCUT2D eigenvalue weighted by molar-refractivity contribution is 5.67. The molecule has 2 aromatic rings. The number of ether oxygens (including phenoxy) is 1. The molecule has 0 atom stereocenters. The second-order valence-corrected chi connectivity index (χ2v) is 3.82. The van der Waals surface area contributed by atoms with E-state index < -0.39 is 5.97 Å². The van der Waals surface area contributed by atoms with Gasteiger partial charge in [-0.05, 0) is 12.1 Å². The number of hydrogen-bond acceptors (Lipinski definition) is 5. The van der Waals surface area contributed by atoms with Crippen LogP contribution in [0.15, 0.2) is 30.5 Å². The van der Waals surface area contributed by atoms with Gasteiger partial charge in [0.2, 0.25) is 5.88 Å². The molecule has 0 fully saturated rings. The van der Waals surface area contributed by atoms with E-state index in [9.17, 15) is 4.79 Å². The van der Waals surface area contributed by atoms with Crippen molar-refractivity contribution in [2.24, 2.45) is 0 Å². The highest BCUT2D eigenvalue weighted by atomic mass is 16.5. The molecule has 0 aliphatic rings. The second-order valence-electron chi connectivity index (χ2n) is 3.82. The summed E-state index contributed by atoms with van der Waals surface area (Å²) in [6, 6.07) is 7.16. The number of hydrogen-bond donors (Lipinski definition) is 1. The van der Waals surface area contributed by atoms with Crippen molar-refractivity contribution in [3.63, 3.8) is 0 Å². The molecule has 0 saturated carbocycles. The molecule has 0 aliphatic heterocycles. The molecule has 2 rings (SSSR count). The van der Waals surface area contributed by atoms with Gasteiger partial charge in [-0.3, -0.25) is 9.78 Å². The molecule has 0 unspecified atom stereocenters. The quantitative estimate of drug-likeness (QED) is 0.877. The molecule has 19 heavy (non-hydrogen) atoms. The van der Waals surface area contributed by atoms with Gasteiger partial charge in [-0.25, -0.2) is 4.98 Å². The topological polar surface area (TPSA) is 85.2 Å². The van der Waals surface area contributed by atoms with Crippen LogP contribution in [0.5, 0.6) is 5.88 Å². The number of methoxy groups -OCH3 is 1. The molecule has 0 aliphatic carbocycles. The Bertz CT molecular complexity index is 573. The molecule has 0 aromatic carbocycles. The number of pyridine rings is 1. The van der Waals surface area contributed by atoms with Crippen molar-refractivity contribution in [3.8, 4) is 17.3 Å². The Hall–Kier alpha value is -2.50. The maximum atomic E-state index is 10.6. The minimum atomic E-state index is -0.884. The Balaban J connectivity index is 2.33. The largest absolute Gasteiger partial charge is 0.481 e. The zero-order chi connectivity index (χ0) is 13.7. The summed E-state index contributed by atoms with van der Waals surface area (Å²) in [5.74, 6) is -0.0516. The predicted molar refractivity (Wildman–Crippen MR) is 67.8 cm³/mol.